The van der Waals surface area contributed by atoms with E-state index in [1.165, 1.54) is 4.90 Å². The summed E-state index contributed by atoms with van der Waals surface area (Å²) in [4.78, 5) is 40.8. The standard InChI is InChI=1S/C54H65N11O8/c1-32(2)51(54(69)64-31-39(66)23-46(64)53(68)58-33(3)35-10-8-34(28-55)9-11-35)48-27-50(61-73-48)70-21-20-62-18-15-40(16-19-62)71-41-24-42(25-41)72-49-22-36(14-17-57-49)65-37-12-13-38(65)30-63(29-37)45-26-44(59-60-52(45)56)43-6-4-5-7-47(43)67/h4-11,14,17,22,26-27,32-33,37-42,46,51,66-67H,12-13,15-16,18-21,23-25,29-31H2,1-3H3,(H2,56,60)(H,58,68)/t33-,37?,38?,39+,41-,42-,46-,51-/m0/s1. The van der Waals surface area contributed by atoms with Crippen molar-refractivity contribution in [3.05, 3.63) is 95.9 Å². The number of piperazine rings is 1. The van der Waals surface area contributed by atoms with Crippen molar-refractivity contribution >= 4 is 29.0 Å². The molecule has 2 amide bonds. The summed E-state index contributed by atoms with van der Waals surface area (Å²) < 4.78 is 24.6. The Morgan fingerprint density at radius 2 is 1.66 bits per heavy atom. The van der Waals surface area contributed by atoms with E-state index in [1.54, 1.807) is 42.5 Å². The number of hydrogen-bond donors (Lipinski definition) is 4. The van der Waals surface area contributed by atoms with Gasteiger partial charge in [-0.3, -0.25) is 14.5 Å². The zero-order valence-electron chi connectivity index (χ0n) is 41.6. The van der Waals surface area contributed by atoms with Gasteiger partial charge in [-0.2, -0.15) is 5.26 Å². The topological polar surface area (TPSA) is 242 Å². The second kappa shape index (κ2) is 21.6. The number of amides is 2. The van der Waals surface area contributed by atoms with Gasteiger partial charge in [0.05, 0.1) is 47.4 Å². The van der Waals surface area contributed by atoms with Gasteiger partial charge >= 0.3 is 0 Å². The predicted molar refractivity (Wildman–Crippen MR) is 271 cm³/mol. The number of nitrogen functional groups attached to an aromatic ring is 1. The lowest BCUT2D eigenvalue weighted by molar-refractivity contribution is -0.141. The Labute approximate surface area is 425 Å². The quantitative estimate of drug-likeness (QED) is 0.0887. The number of hydrogen-bond acceptors (Lipinski definition) is 17. The van der Waals surface area contributed by atoms with Crippen LogP contribution in [0.2, 0.25) is 0 Å². The molecular weight excluding hydrogens is 931 g/mol. The fraction of sp³-hybridized carbons (Fsp3) is 0.500. The lowest BCUT2D eigenvalue weighted by Crippen LogP contribution is -2.54. The number of anilines is 3. The highest BCUT2D eigenvalue weighted by Crippen LogP contribution is 2.41. The minimum atomic E-state index is -0.853. The van der Waals surface area contributed by atoms with E-state index in [4.69, 9.17) is 29.7 Å². The number of aromatic nitrogens is 4. The smallest absolute Gasteiger partial charge is 0.254 e. The molecule has 19 heteroatoms. The number of aliphatic hydroxyl groups excluding tert-OH is 1. The van der Waals surface area contributed by atoms with Gasteiger partial charge in [-0.15, -0.1) is 10.2 Å². The molecule has 0 spiro atoms. The van der Waals surface area contributed by atoms with Crippen molar-refractivity contribution in [1.29, 1.82) is 5.26 Å². The highest BCUT2D eigenvalue weighted by atomic mass is 16.5. The van der Waals surface area contributed by atoms with Crippen LogP contribution < -0.4 is 30.3 Å². The number of para-hydroxylation sites is 1. The molecule has 2 bridgehead atoms. The van der Waals surface area contributed by atoms with Crippen LogP contribution in [0.4, 0.5) is 17.2 Å². The first kappa shape index (κ1) is 49.6. The third-order valence-corrected chi connectivity index (χ3v) is 15.2. The van der Waals surface area contributed by atoms with E-state index in [0.29, 0.717) is 53.3 Å². The number of phenolic OH excluding ortho intramolecular Hbond substituents is 1. The lowest BCUT2D eigenvalue weighted by atomic mass is 9.91. The summed E-state index contributed by atoms with van der Waals surface area (Å²) in [6.45, 7) is 10.1. The van der Waals surface area contributed by atoms with Gasteiger partial charge in [0.25, 0.3) is 5.88 Å². The van der Waals surface area contributed by atoms with Crippen LogP contribution >= 0.6 is 0 Å². The monoisotopic (exact) mass is 996 g/mol. The molecule has 2 unspecified atom stereocenters. The molecule has 10 rings (SSSR count). The molecule has 73 heavy (non-hydrogen) atoms. The highest BCUT2D eigenvalue weighted by molar-refractivity contribution is 5.91. The molecular formula is C54H65N11O8. The molecule has 5 N–H and O–H groups in total. The van der Waals surface area contributed by atoms with E-state index < -0.39 is 18.1 Å². The average molecular weight is 996 g/mol. The van der Waals surface area contributed by atoms with E-state index in [0.717, 1.165) is 81.6 Å². The molecule has 19 nitrogen and oxygen atoms in total. The van der Waals surface area contributed by atoms with Gasteiger partial charge in [-0.25, -0.2) is 4.98 Å². The van der Waals surface area contributed by atoms with Crippen molar-refractivity contribution in [2.75, 3.05) is 61.4 Å². The summed E-state index contributed by atoms with van der Waals surface area (Å²) in [5.74, 6) is 0.207. The van der Waals surface area contributed by atoms with Gasteiger partial charge in [0.2, 0.25) is 17.7 Å². The number of carbonyl (C=O) groups is 2. The lowest BCUT2D eigenvalue weighted by Gasteiger charge is -2.43. The number of phenols is 1. The van der Waals surface area contributed by atoms with Crippen LogP contribution in [0.5, 0.6) is 17.5 Å². The van der Waals surface area contributed by atoms with Crippen molar-refractivity contribution in [3.8, 4) is 34.8 Å². The van der Waals surface area contributed by atoms with Crippen LogP contribution in [-0.4, -0.2) is 141 Å². The van der Waals surface area contributed by atoms with Crippen molar-refractivity contribution < 1.29 is 38.5 Å². The number of benzene rings is 2. The van der Waals surface area contributed by atoms with Crippen molar-refractivity contribution in [3.63, 3.8) is 0 Å². The van der Waals surface area contributed by atoms with Crippen LogP contribution in [0.25, 0.3) is 11.3 Å². The Hall–Kier alpha value is -7.01. The number of nitriles is 1. The molecule has 2 aromatic carbocycles. The molecule has 5 fully saturated rings. The molecule has 4 saturated heterocycles. The van der Waals surface area contributed by atoms with Crippen LogP contribution in [0.1, 0.15) is 94.6 Å². The van der Waals surface area contributed by atoms with Crippen LogP contribution in [0.15, 0.2) is 83.5 Å². The molecule has 384 valence electrons. The number of nitrogens with zero attached hydrogens (tertiary/aromatic N) is 9. The number of pyridine rings is 1. The molecule has 0 radical (unpaired) electrons. The number of aromatic hydroxyl groups is 1. The minimum absolute atomic E-state index is 0.0330. The van der Waals surface area contributed by atoms with Crippen LogP contribution in [0, 0.1) is 17.2 Å². The largest absolute Gasteiger partial charge is 0.507 e. The zero-order chi connectivity index (χ0) is 50.8. The Morgan fingerprint density at radius 3 is 2.38 bits per heavy atom. The van der Waals surface area contributed by atoms with E-state index in [-0.39, 0.29) is 72.9 Å². The van der Waals surface area contributed by atoms with E-state index in [9.17, 15) is 19.8 Å². The number of fused-ring (bicyclic) bond motifs is 2. The minimum Gasteiger partial charge on any atom is -0.507 e. The van der Waals surface area contributed by atoms with Crippen LogP contribution in [-0.2, 0) is 14.3 Å². The molecule has 3 aromatic heterocycles. The Bertz CT molecular complexity index is 2760. The predicted octanol–water partition coefficient (Wildman–Crippen LogP) is 5.59. The summed E-state index contributed by atoms with van der Waals surface area (Å²) >= 11 is 0. The average Bonchev–Trinajstić information content (AvgIpc) is 4.08. The summed E-state index contributed by atoms with van der Waals surface area (Å²) in [5.41, 5.74) is 10.9. The molecule has 4 aliphatic heterocycles. The Morgan fingerprint density at radius 1 is 0.904 bits per heavy atom. The van der Waals surface area contributed by atoms with Gasteiger partial charge in [0, 0.05) is 100 Å². The number of nitrogens with one attached hydrogen (secondary N) is 1. The van der Waals surface area contributed by atoms with Gasteiger partial charge in [0.15, 0.2) is 11.6 Å². The second-order valence-electron chi connectivity index (χ2n) is 20.6. The zero-order valence-corrected chi connectivity index (χ0v) is 41.6. The maximum Gasteiger partial charge on any atom is 0.254 e. The first-order valence-electron chi connectivity index (χ1n) is 25.7. The summed E-state index contributed by atoms with van der Waals surface area (Å²) in [6, 6.07) is 23.3. The Kier molecular flexibility index (Phi) is 14.7. The van der Waals surface area contributed by atoms with Gasteiger partial charge in [0.1, 0.15) is 30.4 Å². The maximum absolute atomic E-state index is 14.1. The molecule has 5 aliphatic rings. The fourth-order valence-electron chi connectivity index (χ4n) is 11.3. The maximum atomic E-state index is 14.1. The highest BCUT2D eigenvalue weighted by Gasteiger charge is 2.44. The van der Waals surface area contributed by atoms with Crippen molar-refractivity contribution in [2.24, 2.45) is 5.92 Å². The van der Waals surface area contributed by atoms with E-state index >= 15 is 0 Å². The van der Waals surface area contributed by atoms with Crippen molar-refractivity contribution in [2.45, 2.75) is 120 Å². The molecule has 7 heterocycles. The summed E-state index contributed by atoms with van der Waals surface area (Å²) in [6.07, 6.45) is 7.15. The molecule has 1 aliphatic carbocycles. The number of piperidine rings is 1. The Balaban J connectivity index is 0.643. The third-order valence-electron chi connectivity index (χ3n) is 15.2. The fourth-order valence-corrected chi connectivity index (χ4v) is 11.3. The SMILES string of the molecule is CC(C)[C@H](C(=O)N1C[C@H](O)C[C@H]1C(=O)N[C@@H](C)c1ccc(C#N)cc1)c1cc(OCCN2CCC(O[C@H]3C[C@H](Oc4cc(N5C6CCC5CN(c5cc(-c7ccccc7O)nnc5N)C6)ccn4)C3)CC2)no1. The summed E-state index contributed by atoms with van der Waals surface area (Å²) in [5, 5.41) is 45.9. The number of ether oxygens (including phenoxy) is 3. The van der Waals surface area contributed by atoms with Gasteiger partial charge < -0.3 is 54.7 Å². The normalized spacial score (nSPS) is 24.0. The third kappa shape index (κ3) is 11.0. The number of aliphatic hydroxyl groups is 1. The first-order chi connectivity index (χ1) is 35.4. The van der Waals surface area contributed by atoms with Crippen molar-refractivity contribution in [1.82, 2.24) is 35.5 Å². The molecule has 6 atom stereocenters. The van der Waals surface area contributed by atoms with Gasteiger partial charge in [-0.05, 0) is 85.6 Å². The number of carbonyl (C=O) groups excluding carboxylic acids is 2. The van der Waals surface area contributed by atoms with E-state index in [2.05, 4.69) is 58.6 Å². The first-order valence-corrected chi connectivity index (χ1v) is 25.7. The van der Waals surface area contributed by atoms with Gasteiger partial charge in [-0.1, -0.05) is 38.1 Å². The molecule has 1 saturated carbocycles. The number of likely N-dealkylation sites (tertiary alicyclic amines) is 2. The van der Waals surface area contributed by atoms with Crippen LogP contribution in [0.3, 0.4) is 0 Å². The number of rotatable bonds is 17. The number of nitrogens with two attached hydrogens (primary N) is 1. The number of β-amino-alcohol motifs (C(OH)–C–C–N with tert-alkyl or cyclic N) is 1. The second-order valence-corrected chi connectivity index (χ2v) is 20.6. The molecule has 5 aromatic rings. The van der Waals surface area contributed by atoms with E-state index in [1.807, 2.05) is 45.2 Å². The summed E-state index contributed by atoms with van der Waals surface area (Å²) in [7, 11) is 0.